The van der Waals surface area contributed by atoms with E-state index in [-0.39, 0.29) is 5.91 Å². The quantitative estimate of drug-likeness (QED) is 0.719. The Bertz CT molecular complexity index is 562. The third-order valence-corrected chi connectivity index (χ3v) is 4.67. The number of carbonyl (C=O) groups excluding carboxylic acids is 1. The number of aryl methyl sites for hydroxylation is 1. The van der Waals surface area contributed by atoms with Crippen molar-refractivity contribution in [2.45, 2.75) is 27.3 Å². The Labute approximate surface area is 146 Å². The lowest BCUT2D eigenvalue weighted by Crippen LogP contribution is -2.49. The largest absolute Gasteiger partial charge is 0.338 e. The van der Waals surface area contributed by atoms with Crippen molar-refractivity contribution in [3.8, 4) is 0 Å². The van der Waals surface area contributed by atoms with Gasteiger partial charge in [0, 0.05) is 45.8 Å². The molecule has 1 fully saturated rings. The fourth-order valence-corrected chi connectivity index (χ4v) is 3.13. The van der Waals surface area contributed by atoms with Gasteiger partial charge in [-0.1, -0.05) is 36.4 Å². The van der Waals surface area contributed by atoms with Gasteiger partial charge in [-0.15, -0.1) is 0 Å². The van der Waals surface area contributed by atoms with Gasteiger partial charge in [0.05, 0.1) is 6.54 Å². The van der Waals surface area contributed by atoms with Crippen LogP contribution in [0.1, 0.15) is 25.0 Å². The molecule has 0 bridgehead atoms. The zero-order valence-corrected chi connectivity index (χ0v) is 15.4. The molecule has 0 aliphatic carbocycles. The molecule has 1 saturated heterocycles. The van der Waals surface area contributed by atoms with E-state index in [2.05, 4.69) is 47.6 Å². The minimum atomic E-state index is 0.216. The van der Waals surface area contributed by atoms with Gasteiger partial charge in [-0.25, -0.2) is 0 Å². The van der Waals surface area contributed by atoms with Crippen LogP contribution in [0.4, 0.5) is 0 Å². The first kappa shape index (κ1) is 18.7. The standard InChI is InChI=1S/C20H31N3O/c1-5-23(14-17(2)3)20(24)16-22-12-10-21(11-13-22)15-19-9-7-6-8-18(19)4/h6-9H,2,5,10-16H2,1,3-4H3. The highest BCUT2D eigenvalue weighted by Gasteiger charge is 2.21. The Hall–Kier alpha value is -1.65. The Balaban J connectivity index is 1.79. The van der Waals surface area contributed by atoms with Crippen molar-refractivity contribution in [2.24, 2.45) is 0 Å². The van der Waals surface area contributed by atoms with Crippen LogP contribution >= 0.6 is 0 Å². The molecule has 24 heavy (non-hydrogen) atoms. The Morgan fingerprint density at radius 3 is 2.38 bits per heavy atom. The maximum absolute atomic E-state index is 12.4. The van der Waals surface area contributed by atoms with Gasteiger partial charge >= 0.3 is 0 Å². The topological polar surface area (TPSA) is 26.8 Å². The number of piperazine rings is 1. The third-order valence-electron chi connectivity index (χ3n) is 4.67. The monoisotopic (exact) mass is 329 g/mol. The number of rotatable bonds is 7. The number of likely N-dealkylation sites (N-methyl/N-ethyl adjacent to an activating group) is 1. The SMILES string of the molecule is C=C(C)CN(CC)C(=O)CN1CCN(Cc2ccccc2C)CC1. The zero-order chi connectivity index (χ0) is 17.5. The highest BCUT2D eigenvalue weighted by atomic mass is 16.2. The van der Waals surface area contributed by atoms with E-state index in [1.807, 2.05) is 18.7 Å². The van der Waals surface area contributed by atoms with Crippen LogP contribution in [0, 0.1) is 6.92 Å². The Morgan fingerprint density at radius 2 is 1.79 bits per heavy atom. The van der Waals surface area contributed by atoms with Crippen molar-refractivity contribution >= 4 is 5.91 Å². The second-order valence-electron chi connectivity index (χ2n) is 6.84. The van der Waals surface area contributed by atoms with Gasteiger partial charge in [-0.05, 0) is 31.9 Å². The molecule has 1 aliphatic heterocycles. The Kier molecular flexibility index (Phi) is 7.00. The fourth-order valence-electron chi connectivity index (χ4n) is 3.13. The molecule has 0 radical (unpaired) electrons. The van der Waals surface area contributed by atoms with Crippen molar-refractivity contribution in [3.63, 3.8) is 0 Å². The molecule has 4 nitrogen and oxygen atoms in total. The second-order valence-corrected chi connectivity index (χ2v) is 6.84. The minimum absolute atomic E-state index is 0.216. The van der Waals surface area contributed by atoms with Gasteiger partial charge in [0.15, 0.2) is 0 Å². The smallest absolute Gasteiger partial charge is 0.237 e. The average molecular weight is 329 g/mol. The molecule has 132 valence electrons. The second kappa shape index (κ2) is 9.00. The lowest BCUT2D eigenvalue weighted by molar-refractivity contribution is -0.132. The van der Waals surface area contributed by atoms with Crippen LogP contribution in [0.5, 0.6) is 0 Å². The van der Waals surface area contributed by atoms with Gasteiger partial charge in [-0.3, -0.25) is 14.6 Å². The summed E-state index contributed by atoms with van der Waals surface area (Å²) in [5, 5.41) is 0. The molecule has 2 rings (SSSR count). The highest BCUT2D eigenvalue weighted by molar-refractivity contribution is 5.78. The molecule has 0 aromatic heterocycles. The number of hydrogen-bond acceptors (Lipinski definition) is 3. The van der Waals surface area contributed by atoms with Crippen LogP contribution in [0.2, 0.25) is 0 Å². The molecule has 0 atom stereocenters. The first-order valence-corrected chi connectivity index (χ1v) is 8.91. The van der Waals surface area contributed by atoms with E-state index in [0.717, 1.165) is 44.8 Å². The molecule has 0 saturated carbocycles. The minimum Gasteiger partial charge on any atom is -0.338 e. The van der Waals surface area contributed by atoms with Crippen LogP contribution in [0.15, 0.2) is 36.4 Å². The zero-order valence-electron chi connectivity index (χ0n) is 15.4. The number of nitrogens with zero attached hydrogens (tertiary/aromatic N) is 3. The number of amides is 1. The van der Waals surface area contributed by atoms with E-state index >= 15 is 0 Å². The van der Waals surface area contributed by atoms with E-state index in [1.54, 1.807) is 0 Å². The predicted molar refractivity (Wildman–Crippen MR) is 100.0 cm³/mol. The van der Waals surface area contributed by atoms with Gasteiger partial charge in [0.2, 0.25) is 5.91 Å². The van der Waals surface area contributed by atoms with E-state index in [4.69, 9.17) is 0 Å². The summed E-state index contributed by atoms with van der Waals surface area (Å²) in [7, 11) is 0. The molecule has 1 aliphatic rings. The summed E-state index contributed by atoms with van der Waals surface area (Å²) in [4.78, 5) is 19.1. The summed E-state index contributed by atoms with van der Waals surface area (Å²) in [6, 6.07) is 8.58. The normalized spacial score (nSPS) is 16.1. The number of carbonyl (C=O) groups is 1. The summed E-state index contributed by atoms with van der Waals surface area (Å²) in [6.07, 6.45) is 0. The van der Waals surface area contributed by atoms with E-state index in [9.17, 15) is 4.79 Å². The van der Waals surface area contributed by atoms with E-state index < -0.39 is 0 Å². The summed E-state index contributed by atoms with van der Waals surface area (Å²) in [5.41, 5.74) is 3.79. The lowest BCUT2D eigenvalue weighted by Gasteiger charge is -2.35. The van der Waals surface area contributed by atoms with Crippen LogP contribution < -0.4 is 0 Å². The first-order chi connectivity index (χ1) is 11.5. The van der Waals surface area contributed by atoms with Gasteiger partial charge in [0.25, 0.3) is 0 Å². The van der Waals surface area contributed by atoms with Gasteiger partial charge in [-0.2, -0.15) is 0 Å². The van der Waals surface area contributed by atoms with Gasteiger partial charge < -0.3 is 4.90 Å². The van der Waals surface area contributed by atoms with Crippen molar-refractivity contribution in [2.75, 3.05) is 45.8 Å². The summed E-state index contributed by atoms with van der Waals surface area (Å²) >= 11 is 0. The highest BCUT2D eigenvalue weighted by Crippen LogP contribution is 2.12. The van der Waals surface area contributed by atoms with Crippen LogP contribution in [-0.4, -0.2) is 66.4 Å². The summed E-state index contributed by atoms with van der Waals surface area (Å²) < 4.78 is 0. The molecule has 4 heteroatoms. The molecule has 1 heterocycles. The van der Waals surface area contributed by atoms with E-state index in [0.29, 0.717) is 13.1 Å². The molecule has 0 spiro atoms. The first-order valence-electron chi connectivity index (χ1n) is 8.91. The maximum atomic E-state index is 12.4. The van der Waals surface area contributed by atoms with Crippen LogP contribution in [0.25, 0.3) is 0 Å². The number of hydrogen-bond donors (Lipinski definition) is 0. The van der Waals surface area contributed by atoms with Crippen molar-refractivity contribution < 1.29 is 4.79 Å². The van der Waals surface area contributed by atoms with Crippen molar-refractivity contribution in [1.29, 1.82) is 0 Å². The molecular weight excluding hydrogens is 298 g/mol. The van der Waals surface area contributed by atoms with Crippen LogP contribution in [-0.2, 0) is 11.3 Å². The summed E-state index contributed by atoms with van der Waals surface area (Å²) in [6.45, 7) is 17.0. The molecule has 0 unspecified atom stereocenters. The average Bonchev–Trinajstić information content (AvgIpc) is 2.56. The lowest BCUT2D eigenvalue weighted by atomic mass is 10.1. The molecule has 1 amide bonds. The molecular formula is C20H31N3O. The van der Waals surface area contributed by atoms with Crippen molar-refractivity contribution in [3.05, 3.63) is 47.5 Å². The Morgan fingerprint density at radius 1 is 1.17 bits per heavy atom. The summed E-state index contributed by atoms with van der Waals surface area (Å²) in [5.74, 6) is 0.216. The molecule has 1 aromatic rings. The molecule has 0 N–H and O–H groups in total. The third kappa shape index (κ3) is 5.46. The number of benzene rings is 1. The molecule has 1 aromatic carbocycles. The maximum Gasteiger partial charge on any atom is 0.237 e. The van der Waals surface area contributed by atoms with E-state index in [1.165, 1.54) is 11.1 Å². The fraction of sp³-hybridized carbons (Fsp3) is 0.550. The predicted octanol–water partition coefficient (Wildman–Crippen LogP) is 2.54. The van der Waals surface area contributed by atoms with Crippen molar-refractivity contribution in [1.82, 2.24) is 14.7 Å². The van der Waals surface area contributed by atoms with Crippen LogP contribution in [0.3, 0.4) is 0 Å². The van der Waals surface area contributed by atoms with Gasteiger partial charge in [0.1, 0.15) is 0 Å².